The molecular weight excluding hydrogens is 320 g/mol. The number of aromatic nitrogens is 2. The first-order chi connectivity index (χ1) is 12.2. The second-order valence-electron chi connectivity index (χ2n) is 5.56. The maximum absolute atomic E-state index is 12.3. The van der Waals surface area contributed by atoms with Crippen LogP contribution in [0.5, 0.6) is 5.75 Å². The SMILES string of the molecule is COc1ccc(-c2nc3ncccc3o2)cc1NC(=O)C1C=CCN1. The number of carbonyl (C=O) groups is 1. The second-order valence-corrected chi connectivity index (χ2v) is 5.56. The molecule has 0 saturated heterocycles. The monoisotopic (exact) mass is 336 g/mol. The lowest BCUT2D eigenvalue weighted by Gasteiger charge is -2.14. The first kappa shape index (κ1) is 15.3. The van der Waals surface area contributed by atoms with E-state index in [1.807, 2.05) is 24.3 Å². The van der Waals surface area contributed by atoms with E-state index in [2.05, 4.69) is 20.6 Å². The molecule has 2 N–H and O–H groups in total. The summed E-state index contributed by atoms with van der Waals surface area (Å²) in [5.74, 6) is 0.850. The van der Waals surface area contributed by atoms with E-state index < -0.39 is 0 Å². The Balaban J connectivity index is 1.67. The third-order valence-corrected chi connectivity index (χ3v) is 3.94. The highest BCUT2D eigenvalue weighted by atomic mass is 16.5. The van der Waals surface area contributed by atoms with Crippen molar-refractivity contribution in [3.05, 3.63) is 48.7 Å². The van der Waals surface area contributed by atoms with Gasteiger partial charge in [-0.2, -0.15) is 4.98 Å². The Kier molecular flexibility index (Phi) is 3.91. The molecule has 0 aliphatic carbocycles. The van der Waals surface area contributed by atoms with Crippen LogP contribution in [0.4, 0.5) is 5.69 Å². The molecule has 0 fully saturated rings. The Morgan fingerprint density at radius 2 is 2.32 bits per heavy atom. The zero-order chi connectivity index (χ0) is 17.2. The number of rotatable bonds is 4. The number of fused-ring (bicyclic) bond motifs is 1. The minimum Gasteiger partial charge on any atom is -0.495 e. The summed E-state index contributed by atoms with van der Waals surface area (Å²) in [6.45, 7) is 0.686. The van der Waals surface area contributed by atoms with Gasteiger partial charge < -0.3 is 14.5 Å². The Labute approximate surface area is 143 Å². The van der Waals surface area contributed by atoms with Crippen LogP contribution in [0.25, 0.3) is 22.7 Å². The van der Waals surface area contributed by atoms with E-state index in [0.717, 1.165) is 5.56 Å². The average molecular weight is 336 g/mol. The van der Waals surface area contributed by atoms with Crippen LogP contribution in [0.3, 0.4) is 0 Å². The first-order valence-corrected chi connectivity index (χ1v) is 7.85. The maximum atomic E-state index is 12.3. The van der Waals surface area contributed by atoms with Crippen molar-refractivity contribution >= 4 is 22.8 Å². The van der Waals surface area contributed by atoms with Crippen molar-refractivity contribution in [3.8, 4) is 17.2 Å². The molecule has 0 bridgehead atoms. The van der Waals surface area contributed by atoms with Crippen molar-refractivity contribution in [2.24, 2.45) is 0 Å². The highest BCUT2D eigenvalue weighted by Crippen LogP contribution is 2.31. The molecule has 3 heterocycles. The van der Waals surface area contributed by atoms with Gasteiger partial charge in [0.25, 0.3) is 0 Å². The van der Waals surface area contributed by atoms with Crippen LogP contribution in [-0.4, -0.2) is 35.6 Å². The lowest BCUT2D eigenvalue weighted by atomic mass is 10.1. The van der Waals surface area contributed by atoms with Gasteiger partial charge in [-0.25, -0.2) is 4.98 Å². The predicted molar refractivity (Wildman–Crippen MR) is 93.4 cm³/mol. The first-order valence-electron chi connectivity index (χ1n) is 7.85. The molecule has 7 heteroatoms. The second kappa shape index (κ2) is 6.37. The summed E-state index contributed by atoms with van der Waals surface area (Å²) in [6.07, 6.45) is 5.41. The van der Waals surface area contributed by atoms with Gasteiger partial charge in [0.2, 0.25) is 11.8 Å². The number of carbonyl (C=O) groups excluding carboxylic acids is 1. The molecule has 0 radical (unpaired) electrons. The van der Waals surface area contributed by atoms with Gasteiger partial charge in [-0.1, -0.05) is 12.2 Å². The van der Waals surface area contributed by atoms with Gasteiger partial charge in [-0.05, 0) is 30.3 Å². The quantitative estimate of drug-likeness (QED) is 0.711. The van der Waals surface area contributed by atoms with E-state index in [1.54, 1.807) is 31.5 Å². The van der Waals surface area contributed by atoms with Crippen molar-refractivity contribution in [2.45, 2.75) is 6.04 Å². The summed E-state index contributed by atoms with van der Waals surface area (Å²) in [7, 11) is 1.56. The Morgan fingerprint density at radius 3 is 3.08 bits per heavy atom. The molecule has 0 saturated carbocycles. The summed E-state index contributed by atoms with van der Waals surface area (Å²) >= 11 is 0. The molecule has 126 valence electrons. The Hall–Kier alpha value is -3.19. The molecule has 0 spiro atoms. The number of oxazole rings is 1. The number of methoxy groups -OCH3 is 1. The van der Waals surface area contributed by atoms with Gasteiger partial charge >= 0.3 is 0 Å². The van der Waals surface area contributed by atoms with Crippen LogP contribution in [0.15, 0.2) is 53.1 Å². The fourth-order valence-electron chi connectivity index (χ4n) is 2.69. The maximum Gasteiger partial charge on any atom is 0.245 e. The number of nitrogens with zero attached hydrogens (tertiary/aromatic N) is 2. The fourth-order valence-corrected chi connectivity index (χ4v) is 2.69. The molecule has 2 aromatic heterocycles. The molecule has 7 nitrogen and oxygen atoms in total. The Morgan fingerprint density at radius 1 is 1.40 bits per heavy atom. The lowest BCUT2D eigenvalue weighted by Crippen LogP contribution is -2.35. The van der Waals surface area contributed by atoms with Gasteiger partial charge in [0.05, 0.1) is 12.8 Å². The Bertz CT molecular complexity index is 931. The third-order valence-electron chi connectivity index (χ3n) is 3.94. The van der Waals surface area contributed by atoms with E-state index in [9.17, 15) is 4.79 Å². The van der Waals surface area contributed by atoms with E-state index in [4.69, 9.17) is 9.15 Å². The summed E-state index contributed by atoms with van der Waals surface area (Å²) in [4.78, 5) is 20.9. The molecule has 1 atom stereocenters. The fraction of sp³-hybridized carbons (Fsp3) is 0.167. The molecule has 4 rings (SSSR count). The van der Waals surface area contributed by atoms with Crippen molar-refractivity contribution in [1.82, 2.24) is 15.3 Å². The largest absolute Gasteiger partial charge is 0.495 e. The summed E-state index contributed by atoms with van der Waals surface area (Å²) in [5, 5.41) is 5.96. The van der Waals surface area contributed by atoms with Crippen LogP contribution in [0.2, 0.25) is 0 Å². The normalized spacial score (nSPS) is 16.3. The molecule has 1 unspecified atom stereocenters. The van der Waals surface area contributed by atoms with Crippen molar-refractivity contribution in [1.29, 1.82) is 0 Å². The van der Waals surface area contributed by atoms with Crippen LogP contribution in [0.1, 0.15) is 0 Å². The minimum atomic E-state index is -0.345. The number of amides is 1. The number of ether oxygens (including phenoxy) is 1. The van der Waals surface area contributed by atoms with Crippen LogP contribution in [-0.2, 0) is 4.79 Å². The molecule has 25 heavy (non-hydrogen) atoms. The molecular formula is C18H16N4O3. The number of hydrogen-bond acceptors (Lipinski definition) is 6. The highest BCUT2D eigenvalue weighted by molar-refractivity contribution is 5.98. The number of pyridine rings is 1. The van der Waals surface area contributed by atoms with Gasteiger partial charge in [0, 0.05) is 18.3 Å². The van der Waals surface area contributed by atoms with Crippen molar-refractivity contribution in [3.63, 3.8) is 0 Å². The minimum absolute atomic E-state index is 0.150. The zero-order valence-electron chi connectivity index (χ0n) is 13.5. The van der Waals surface area contributed by atoms with E-state index in [1.165, 1.54) is 0 Å². The van der Waals surface area contributed by atoms with E-state index in [-0.39, 0.29) is 11.9 Å². The van der Waals surface area contributed by atoms with E-state index in [0.29, 0.717) is 35.1 Å². The average Bonchev–Trinajstić information content (AvgIpc) is 3.31. The van der Waals surface area contributed by atoms with E-state index >= 15 is 0 Å². The van der Waals surface area contributed by atoms with Crippen LogP contribution in [0, 0.1) is 0 Å². The number of benzene rings is 1. The lowest BCUT2D eigenvalue weighted by molar-refractivity contribution is -0.116. The summed E-state index contributed by atoms with van der Waals surface area (Å²) < 4.78 is 11.1. The molecule has 3 aromatic rings. The van der Waals surface area contributed by atoms with Crippen LogP contribution < -0.4 is 15.4 Å². The van der Waals surface area contributed by atoms with Crippen LogP contribution >= 0.6 is 0 Å². The number of nitrogens with one attached hydrogen (secondary N) is 2. The van der Waals surface area contributed by atoms with Gasteiger partial charge in [-0.3, -0.25) is 10.1 Å². The zero-order valence-corrected chi connectivity index (χ0v) is 13.5. The molecule has 1 aliphatic heterocycles. The summed E-state index contributed by atoms with van der Waals surface area (Å²) in [6, 6.07) is 8.63. The molecule has 1 amide bonds. The smallest absolute Gasteiger partial charge is 0.245 e. The number of hydrogen-bond donors (Lipinski definition) is 2. The van der Waals surface area contributed by atoms with Gasteiger partial charge in [0.1, 0.15) is 11.8 Å². The topological polar surface area (TPSA) is 89.3 Å². The van der Waals surface area contributed by atoms with Crippen molar-refractivity contribution < 1.29 is 13.9 Å². The van der Waals surface area contributed by atoms with Gasteiger partial charge in [-0.15, -0.1) is 0 Å². The van der Waals surface area contributed by atoms with Crippen molar-refractivity contribution in [2.75, 3.05) is 19.0 Å². The molecule has 1 aliphatic rings. The van der Waals surface area contributed by atoms with Gasteiger partial charge in [0.15, 0.2) is 11.2 Å². The predicted octanol–water partition coefficient (Wildman–Crippen LogP) is 2.36. The highest BCUT2D eigenvalue weighted by Gasteiger charge is 2.20. The third kappa shape index (κ3) is 2.97. The molecule has 1 aromatic carbocycles. The summed E-state index contributed by atoms with van der Waals surface area (Å²) in [5.41, 5.74) is 2.43. The number of anilines is 1. The standard InChI is InChI=1S/C18H16N4O3/c1-24-14-7-6-11(18-22-16-15(25-18)5-3-9-20-16)10-13(14)21-17(23)12-4-2-8-19-12/h2-7,9-10,12,19H,8H2,1H3,(H,21,23).